The first-order valence-corrected chi connectivity index (χ1v) is 11.4. The number of benzene rings is 2. The van der Waals surface area contributed by atoms with E-state index in [1.165, 1.54) is 53.4 Å². The van der Waals surface area contributed by atoms with Gasteiger partial charge in [0, 0.05) is 16.6 Å². The van der Waals surface area contributed by atoms with E-state index in [9.17, 15) is 27.5 Å². The second kappa shape index (κ2) is 7.52. The van der Waals surface area contributed by atoms with Crippen LogP contribution < -0.4 is 0 Å². The Hall–Kier alpha value is -2.71. The summed E-state index contributed by atoms with van der Waals surface area (Å²) in [5.41, 5.74) is 0.323. The molecule has 2 saturated heterocycles. The minimum Gasteiger partial charge on any atom is -0.507 e. The maximum Gasteiger partial charge on any atom is 0.295 e. The van der Waals surface area contributed by atoms with Gasteiger partial charge in [-0.2, -0.15) is 0 Å². The third kappa shape index (κ3) is 3.61. The molecule has 30 heavy (non-hydrogen) atoms. The van der Waals surface area contributed by atoms with Crippen molar-refractivity contribution in [2.45, 2.75) is 18.5 Å². The molecule has 0 spiro atoms. The molecule has 2 heterocycles. The normalized spacial score (nSPS) is 25.1. The Labute approximate surface area is 177 Å². The third-order valence-electron chi connectivity index (χ3n) is 5.36. The molecule has 0 unspecified atom stereocenters. The molecule has 0 bridgehead atoms. The number of hydrogen-bond acceptors (Lipinski definition) is 5. The Balaban J connectivity index is 1.90. The van der Waals surface area contributed by atoms with Crippen molar-refractivity contribution in [2.75, 3.05) is 11.5 Å². The first-order chi connectivity index (χ1) is 14.2. The lowest BCUT2D eigenvalue weighted by Gasteiger charge is -2.30. The summed E-state index contributed by atoms with van der Waals surface area (Å²) in [4.78, 5) is 27.0. The molecule has 6 nitrogen and oxygen atoms in total. The number of amides is 1. The standard InChI is InChI=1S/C21H17ClFNO5S/c22-14-6-4-12(5-7-14)19(25)17-18(13-2-1-3-15(23)10-13)24(21(27)20(17)26)16-8-9-30(28,29)11-16/h1-7,10,16,18,25H,8-9,11H2/t16-,18+/m0/s1. The predicted octanol–water partition coefficient (Wildman–Crippen LogP) is 3.09. The predicted molar refractivity (Wildman–Crippen MR) is 109 cm³/mol. The molecule has 2 aliphatic heterocycles. The Morgan fingerprint density at radius 2 is 1.83 bits per heavy atom. The van der Waals surface area contributed by atoms with Gasteiger partial charge in [0.15, 0.2) is 9.84 Å². The smallest absolute Gasteiger partial charge is 0.295 e. The summed E-state index contributed by atoms with van der Waals surface area (Å²) in [6, 6.07) is 9.54. The number of nitrogens with zero attached hydrogens (tertiary/aromatic N) is 1. The number of sulfone groups is 1. The zero-order valence-corrected chi connectivity index (χ0v) is 17.2. The van der Waals surface area contributed by atoms with Gasteiger partial charge in [-0.15, -0.1) is 0 Å². The molecule has 2 fully saturated rings. The summed E-state index contributed by atoms with van der Waals surface area (Å²) in [7, 11) is -3.35. The van der Waals surface area contributed by atoms with Crippen molar-refractivity contribution in [2.24, 2.45) is 0 Å². The van der Waals surface area contributed by atoms with E-state index in [1.54, 1.807) is 0 Å². The summed E-state index contributed by atoms with van der Waals surface area (Å²) in [6.07, 6.45) is 0.169. The molecule has 0 aliphatic carbocycles. The van der Waals surface area contributed by atoms with Gasteiger partial charge >= 0.3 is 0 Å². The molecular formula is C21H17ClFNO5S. The van der Waals surface area contributed by atoms with Crippen molar-refractivity contribution in [1.29, 1.82) is 0 Å². The minimum atomic E-state index is -3.35. The fourth-order valence-electron chi connectivity index (χ4n) is 3.99. The average molecular weight is 450 g/mol. The highest BCUT2D eigenvalue weighted by atomic mass is 35.5. The van der Waals surface area contributed by atoms with Crippen LogP contribution in [-0.4, -0.2) is 47.7 Å². The van der Waals surface area contributed by atoms with Gasteiger partial charge in [-0.25, -0.2) is 12.8 Å². The van der Waals surface area contributed by atoms with Gasteiger partial charge in [0.2, 0.25) is 0 Å². The van der Waals surface area contributed by atoms with Crippen molar-refractivity contribution in [1.82, 2.24) is 4.90 Å². The van der Waals surface area contributed by atoms with Gasteiger partial charge in [-0.3, -0.25) is 9.59 Å². The summed E-state index contributed by atoms with van der Waals surface area (Å²) < 4.78 is 38.0. The highest BCUT2D eigenvalue weighted by Crippen LogP contribution is 2.42. The Morgan fingerprint density at radius 3 is 2.43 bits per heavy atom. The van der Waals surface area contributed by atoms with Crippen LogP contribution in [0.4, 0.5) is 4.39 Å². The number of rotatable bonds is 3. The van der Waals surface area contributed by atoms with Gasteiger partial charge in [0.25, 0.3) is 11.7 Å². The van der Waals surface area contributed by atoms with Crippen molar-refractivity contribution >= 4 is 38.9 Å². The zero-order chi connectivity index (χ0) is 21.6. The van der Waals surface area contributed by atoms with Crippen LogP contribution in [0.15, 0.2) is 54.1 Å². The second-order valence-electron chi connectivity index (χ2n) is 7.33. The molecule has 156 valence electrons. The van der Waals surface area contributed by atoms with Crippen LogP contribution >= 0.6 is 11.6 Å². The first kappa shape index (κ1) is 20.6. The lowest BCUT2D eigenvalue weighted by Crippen LogP contribution is -2.40. The van der Waals surface area contributed by atoms with Crippen molar-refractivity contribution in [3.05, 3.63) is 76.1 Å². The fraction of sp³-hybridized carbons (Fsp3) is 0.238. The number of likely N-dealkylation sites (tertiary alicyclic amines) is 1. The van der Waals surface area contributed by atoms with E-state index in [0.717, 1.165) is 0 Å². The van der Waals surface area contributed by atoms with E-state index < -0.39 is 45.2 Å². The highest BCUT2D eigenvalue weighted by molar-refractivity contribution is 7.91. The van der Waals surface area contributed by atoms with E-state index in [0.29, 0.717) is 5.02 Å². The number of Topliss-reactive ketones (excluding diaryl/α,β-unsaturated/α-hetero) is 1. The van der Waals surface area contributed by atoms with Crippen LogP contribution in [0.3, 0.4) is 0 Å². The quantitative estimate of drug-likeness (QED) is 0.441. The minimum absolute atomic E-state index is 0.103. The largest absolute Gasteiger partial charge is 0.507 e. The highest BCUT2D eigenvalue weighted by Gasteiger charge is 2.51. The van der Waals surface area contributed by atoms with Crippen LogP contribution in [0.2, 0.25) is 5.02 Å². The molecule has 4 rings (SSSR count). The van der Waals surface area contributed by atoms with E-state index in [1.807, 2.05) is 0 Å². The summed E-state index contributed by atoms with van der Waals surface area (Å²) >= 11 is 5.88. The molecule has 9 heteroatoms. The summed E-state index contributed by atoms with van der Waals surface area (Å²) in [6.45, 7) is 0. The van der Waals surface area contributed by atoms with Crippen LogP contribution in [0, 0.1) is 5.82 Å². The molecule has 2 aliphatic rings. The third-order valence-corrected chi connectivity index (χ3v) is 7.37. The average Bonchev–Trinajstić information content (AvgIpc) is 3.18. The maximum absolute atomic E-state index is 14.0. The number of aliphatic hydroxyl groups excluding tert-OH is 1. The van der Waals surface area contributed by atoms with E-state index in [2.05, 4.69) is 0 Å². The SMILES string of the molecule is O=C1C(=O)N([C@H]2CCS(=O)(=O)C2)[C@H](c2cccc(F)c2)C1=C(O)c1ccc(Cl)cc1. The second-order valence-corrected chi connectivity index (χ2v) is 9.99. The van der Waals surface area contributed by atoms with Crippen LogP contribution in [-0.2, 0) is 19.4 Å². The van der Waals surface area contributed by atoms with Crippen LogP contribution in [0.5, 0.6) is 0 Å². The monoisotopic (exact) mass is 449 g/mol. The Kier molecular flexibility index (Phi) is 5.15. The molecule has 0 aromatic heterocycles. The summed E-state index contributed by atoms with van der Waals surface area (Å²) in [5.74, 6) is -3.25. The maximum atomic E-state index is 14.0. The topological polar surface area (TPSA) is 91.8 Å². The van der Waals surface area contributed by atoms with E-state index in [4.69, 9.17) is 11.6 Å². The molecule has 2 atom stereocenters. The molecule has 0 saturated carbocycles. The Morgan fingerprint density at radius 1 is 1.13 bits per heavy atom. The fourth-order valence-corrected chi connectivity index (χ4v) is 5.83. The van der Waals surface area contributed by atoms with Crippen LogP contribution in [0.1, 0.15) is 23.6 Å². The lowest BCUT2D eigenvalue weighted by atomic mass is 9.94. The van der Waals surface area contributed by atoms with Gasteiger partial charge in [0.1, 0.15) is 11.6 Å². The lowest BCUT2D eigenvalue weighted by molar-refractivity contribution is -0.141. The van der Waals surface area contributed by atoms with Crippen molar-refractivity contribution < 1.29 is 27.5 Å². The number of hydrogen-bond donors (Lipinski definition) is 1. The molecule has 1 N–H and O–H groups in total. The number of aliphatic hydroxyl groups is 1. The van der Waals surface area contributed by atoms with Gasteiger partial charge in [-0.1, -0.05) is 23.7 Å². The summed E-state index contributed by atoms with van der Waals surface area (Å²) in [5, 5.41) is 11.3. The molecule has 1 amide bonds. The number of carbonyl (C=O) groups is 2. The van der Waals surface area contributed by atoms with Crippen LogP contribution in [0.25, 0.3) is 5.76 Å². The number of carbonyl (C=O) groups excluding carboxylic acids is 2. The first-order valence-electron chi connectivity index (χ1n) is 9.20. The van der Waals surface area contributed by atoms with Crippen molar-refractivity contribution in [3.63, 3.8) is 0 Å². The number of ketones is 1. The molecule has 2 aromatic rings. The Bertz CT molecular complexity index is 1180. The van der Waals surface area contributed by atoms with Gasteiger partial charge in [-0.05, 0) is 48.4 Å². The molecular weight excluding hydrogens is 433 g/mol. The zero-order valence-electron chi connectivity index (χ0n) is 15.6. The van der Waals surface area contributed by atoms with Gasteiger partial charge in [0.05, 0.1) is 23.1 Å². The van der Waals surface area contributed by atoms with Gasteiger partial charge < -0.3 is 10.0 Å². The molecule has 0 radical (unpaired) electrons. The van der Waals surface area contributed by atoms with E-state index in [-0.39, 0.29) is 34.6 Å². The molecule has 2 aromatic carbocycles. The van der Waals surface area contributed by atoms with E-state index >= 15 is 0 Å². The number of halogens is 2. The van der Waals surface area contributed by atoms with Crippen molar-refractivity contribution in [3.8, 4) is 0 Å².